The van der Waals surface area contributed by atoms with Crippen LogP contribution < -0.4 is 19.5 Å². The summed E-state index contributed by atoms with van der Waals surface area (Å²) in [7, 11) is 4.93. The smallest absolute Gasteiger partial charge is 0.174 e. The first-order valence-corrected chi connectivity index (χ1v) is 10.9. The molecule has 0 aliphatic carbocycles. The van der Waals surface area contributed by atoms with Crippen molar-refractivity contribution in [2.24, 2.45) is 0 Å². The molecule has 3 rings (SSSR count). The number of nitrogens with one attached hydrogen (secondary N) is 1. The molecule has 0 aliphatic heterocycles. The van der Waals surface area contributed by atoms with Gasteiger partial charge in [-0.25, -0.2) is 0 Å². The molecule has 0 fully saturated rings. The van der Waals surface area contributed by atoms with E-state index in [0.29, 0.717) is 29.7 Å². The Labute approximate surface area is 197 Å². The van der Waals surface area contributed by atoms with Gasteiger partial charge in [0, 0.05) is 23.2 Å². The van der Waals surface area contributed by atoms with Crippen molar-refractivity contribution < 1.29 is 14.2 Å². The molecule has 0 aliphatic rings. The zero-order valence-corrected chi connectivity index (χ0v) is 20.1. The van der Waals surface area contributed by atoms with Crippen LogP contribution in [0.25, 0.3) is 0 Å². The average molecular weight is 501 g/mol. The third-order valence-electron chi connectivity index (χ3n) is 4.74. The lowest BCUT2D eigenvalue weighted by molar-refractivity contribution is 0.352. The normalized spacial score (nSPS) is 10.3. The molecular formula is C24H25BrN2O3S. The average Bonchev–Trinajstić information content (AvgIpc) is 2.80. The van der Waals surface area contributed by atoms with Gasteiger partial charge in [0.1, 0.15) is 5.75 Å². The summed E-state index contributed by atoms with van der Waals surface area (Å²) in [6.45, 7) is 1.25. The van der Waals surface area contributed by atoms with E-state index >= 15 is 0 Å². The van der Waals surface area contributed by atoms with Gasteiger partial charge < -0.3 is 24.4 Å². The summed E-state index contributed by atoms with van der Waals surface area (Å²) in [4.78, 5) is 2.11. The Hall–Kier alpha value is -2.77. The van der Waals surface area contributed by atoms with Gasteiger partial charge in [-0.15, -0.1) is 0 Å². The molecule has 3 aromatic carbocycles. The third-order valence-corrected chi connectivity index (χ3v) is 5.63. The van der Waals surface area contributed by atoms with Gasteiger partial charge >= 0.3 is 0 Å². The van der Waals surface area contributed by atoms with Crippen LogP contribution >= 0.6 is 28.1 Å². The summed E-state index contributed by atoms with van der Waals surface area (Å²) >= 11 is 9.23. The maximum atomic E-state index is 5.77. The molecule has 1 N–H and O–H groups in total. The van der Waals surface area contributed by atoms with Crippen LogP contribution in [0.15, 0.2) is 71.2 Å². The Morgan fingerprint density at radius 2 is 1.42 bits per heavy atom. The number of hydrogen-bond donors (Lipinski definition) is 1. The minimum absolute atomic E-state index is 0.606. The SMILES string of the molecule is COc1ccc(CN(Cc2ccc(OC)c(OC)c2)C(=S)Nc2ccc(Br)cc2)cc1. The molecule has 0 unspecified atom stereocenters. The zero-order valence-electron chi connectivity index (χ0n) is 17.7. The van der Waals surface area contributed by atoms with Crippen LogP contribution in [0.4, 0.5) is 5.69 Å². The summed E-state index contributed by atoms with van der Waals surface area (Å²) in [5.74, 6) is 2.21. The lowest BCUT2D eigenvalue weighted by atomic mass is 10.1. The molecule has 7 heteroatoms. The Kier molecular flexibility index (Phi) is 8.14. The minimum atomic E-state index is 0.606. The number of hydrogen-bond acceptors (Lipinski definition) is 4. The van der Waals surface area contributed by atoms with Crippen LogP contribution in [0.3, 0.4) is 0 Å². The maximum Gasteiger partial charge on any atom is 0.174 e. The van der Waals surface area contributed by atoms with Crippen molar-refractivity contribution in [3.63, 3.8) is 0 Å². The van der Waals surface area contributed by atoms with Crippen LogP contribution in [-0.2, 0) is 13.1 Å². The summed E-state index contributed by atoms with van der Waals surface area (Å²) in [5.41, 5.74) is 3.12. The third kappa shape index (κ3) is 6.35. The highest BCUT2D eigenvalue weighted by molar-refractivity contribution is 9.10. The van der Waals surface area contributed by atoms with Gasteiger partial charge in [0.05, 0.1) is 21.3 Å². The van der Waals surface area contributed by atoms with E-state index in [2.05, 4.69) is 26.1 Å². The molecular weight excluding hydrogens is 476 g/mol. The second-order valence-corrected chi connectivity index (χ2v) is 8.13. The number of benzene rings is 3. The number of methoxy groups -OCH3 is 3. The van der Waals surface area contributed by atoms with E-state index in [0.717, 1.165) is 27.0 Å². The molecule has 0 atom stereocenters. The van der Waals surface area contributed by atoms with E-state index in [1.165, 1.54) is 0 Å². The van der Waals surface area contributed by atoms with Gasteiger partial charge in [0.2, 0.25) is 0 Å². The topological polar surface area (TPSA) is 43.0 Å². The first kappa shape index (κ1) is 22.9. The second-order valence-electron chi connectivity index (χ2n) is 6.83. The van der Waals surface area contributed by atoms with E-state index in [4.69, 9.17) is 26.4 Å². The molecule has 0 saturated heterocycles. The van der Waals surface area contributed by atoms with Crippen LogP contribution in [0.1, 0.15) is 11.1 Å². The number of thiocarbonyl (C=S) groups is 1. The maximum absolute atomic E-state index is 5.77. The lowest BCUT2D eigenvalue weighted by Gasteiger charge is -2.27. The van der Waals surface area contributed by atoms with Gasteiger partial charge in [-0.1, -0.05) is 34.1 Å². The van der Waals surface area contributed by atoms with Crippen LogP contribution in [0.2, 0.25) is 0 Å². The van der Waals surface area contributed by atoms with E-state index in [1.54, 1.807) is 21.3 Å². The number of nitrogens with zero attached hydrogens (tertiary/aromatic N) is 1. The highest BCUT2D eigenvalue weighted by Gasteiger charge is 2.14. The van der Waals surface area contributed by atoms with Crippen LogP contribution in [-0.4, -0.2) is 31.3 Å². The Morgan fingerprint density at radius 3 is 2.03 bits per heavy atom. The van der Waals surface area contributed by atoms with E-state index in [-0.39, 0.29) is 0 Å². The largest absolute Gasteiger partial charge is 0.497 e. The van der Waals surface area contributed by atoms with E-state index in [9.17, 15) is 0 Å². The summed E-state index contributed by atoms with van der Waals surface area (Å²) in [6.07, 6.45) is 0. The van der Waals surface area contributed by atoms with Crippen molar-refractivity contribution in [3.8, 4) is 17.2 Å². The summed E-state index contributed by atoms with van der Waals surface area (Å²) in [5, 5.41) is 3.97. The van der Waals surface area contributed by atoms with E-state index in [1.807, 2.05) is 66.7 Å². The summed E-state index contributed by atoms with van der Waals surface area (Å²) in [6, 6.07) is 21.8. The zero-order chi connectivity index (χ0) is 22.2. The predicted octanol–water partition coefficient (Wildman–Crippen LogP) is 5.87. The van der Waals surface area contributed by atoms with Crippen LogP contribution in [0.5, 0.6) is 17.2 Å². The van der Waals surface area contributed by atoms with Crippen molar-refractivity contribution in [2.75, 3.05) is 26.6 Å². The number of anilines is 1. The first-order valence-electron chi connectivity index (χ1n) is 9.67. The molecule has 0 bridgehead atoms. The quantitative estimate of drug-likeness (QED) is 0.390. The minimum Gasteiger partial charge on any atom is -0.497 e. The number of rotatable bonds is 8. The number of ether oxygens (including phenoxy) is 3. The molecule has 0 heterocycles. The van der Waals surface area contributed by atoms with Gasteiger partial charge in [-0.3, -0.25) is 0 Å². The fourth-order valence-electron chi connectivity index (χ4n) is 3.09. The Balaban J connectivity index is 1.83. The molecule has 0 amide bonds. The Morgan fingerprint density at radius 1 is 0.806 bits per heavy atom. The molecule has 0 spiro atoms. The second kappa shape index (κ2) is 11.0. The monoisotopic (exact) mass is 500 g/mol. The molecule has 31 heavy (non-hydrogen) atoms. The van der Waals surface area contributed by atoms with Crippen molar-refractivity contribution in [1.29, 1.82) is 0 Å². The lowest BCUT2D eigenvalue weighted by Crippen LogP contribution is -2.33. The van der Waals surface area contributed by atoms with Gasteiger partial charge in [0.15, 0.2) is 16.6 Å². The van der Waals surface area contributed by atoms with Crippen molar-refractivity contribution >= 4 is 38.9 Å². The van der Waals surface area contributed by atoms with Crippen molar-refractivity contribution in [1.82, 2.24) is 4.90 Å². The summed E-state index contributed by atoms with van der Waals surface area (Å²) < 4.78 is 17.1. The molecule has 162 valence electrons. The van der Waals surface area contributed by atoms with Gasteiger partial charge in [-0.05, 0) is 71.9 Å². The molecule has 0 radical (unpaired) electrons. The highest BCUT2D eigenvalue weighted by Crippen LogP contribution is 2.28. The molecule has 3 aromatic rings. The fraction of sp³-hybridized carbons (Fsp3) is 0.208. The number of halogens is 1. The Bertz CT molecular complexity index is 1010. The van der Waals surface area contributed by atoms with Crippen molar-refractivity contribution in [3.05, 3.63) is 82.3 Å². The highest BCUT2D eigenvalue weighted by atomic mass is 79.9. The predicted molar refractivity (Wildman–Crippen MR) is 132 cm³/mol. The van der Waals surface area contributed by atoms with Crippen molar-refractivity contribution in [2.45, 2.75) is 13.1 Å². The van der Waals surface area contributed by atoms with Crippen LogP contribution in [0, 0.1) is 0 Å². The standard InChI is InChI=1S/C24H25BrN2O3S/c1-28-21-11-4-17(5-12-21)15-27(24(31)26-20-9-7-19(25)8-10-20)16-18-6-13-22(29-2)23(14-18)30-3/h4-14H,15-16H2,1-3H3,(H,26,31). The molecule has 0 aromatic heterocycles. The first-order chi connectivity index (χ1) is 15.0. The molecule has 5 nitrogen and oxygen atoms in total. The fourth-order valence-corrected chi connectivity index (χ4v) is 3.60. The van der Waals surface area contributed by atoms with E-state index < -0.39 is 0 Å². The van der Waals surface area contributed by atoms with Gasteiger partial charge in [0.25, 0.3) is 0 Å². The molecule has 0 saturated carbocycles. The van der Waals surface area contributed by atoms with Gasteiger partial charge in [-0.2, -0.15) is 0 Å².